The van der Waals surface area contributed by atoms with Crippen molar-refractivity contribution < 1.29 is 14.3 Å². The Morgan fingerprint density at radius 1 is 1.13 bits per heavy atom. The third-order valence-corrected chi connectivity index (χ3v) is 7.35. The van der Waals surface area contributed by atoms with Crippen molar-refractivity contribution in [3.8, 4) is 0 Å². The topological polar surface area (TPSA) is 55.4 Å². The van der Waals surface area contributed by atoms with E-state index in [0.717, 1.165) is 0 Å². The fourth-order valence-electron chi connectivity index (χ4n) is 2.20. The molecule has 0 aliphatic carbocycles. The second-order valence-corrected chi connectivity index (χ2v) is 8.45. The van der Waals surface area contributed by atoms with Crippen LogP contribution in [0.3, 0.4) is 0 Å². The lowest BCUT2D eigenvalue weighted by Gasteiger charge is -2.09. The number of thiophene rings is 1. The van der Waals surface area contributed by atoms with Gasteiger partial charge in [0.2, 0.25) is 0 Å². The van der Waals surface area contributed by atoms with E-state index in [1.165, 1.54) is 35.5 Å². The number of nitrogens with one attached hydrogen (secondary N) is 1. The van der Waals surface area contributed by atoms with Crippen LogP contribution in [0.5, 0.6) is 0 Å². The first-order valence-corrected chi connectivity index (χ1v) is 9.97. The average Bonchev–Trinajstić information content (AvgIpc) is 3.26. The SMILES string of the molecule is COC(=O)c1sccc1NC(=O)c1ccc(C2SCCS2)cc1. The highest BCUT2D eigenvalue weighted by Crippen LogP contribution is 2.45. The summed E-state index contributed by atoms with van der Waals surface area (Å²) in [5.41, 5.74) is 2.29. The summed E-state index contributed by atoms with van der Waals surface area (Å²) in [5.74, 6) is 1.67. The van der Waals surface area contributed by atoms with Gasteiger partial charge in [0.25, 0.3) is 5.91 Å². The van der Waals surface area contributed by atoms with Gasteiger partial charge in [0.1, 0.15) is 4.88 Å². The van der Waals surface area contributed by atoms with Crippen LogP contribution in [0.15, 0.2) is 35.7 Å². The minimum atomic E-state index is -0.444. The van der Waals surface area contributed by atoms with Crippen molar-refractivity contribution in [2.75, 3.05) is 23.9 Å². The van der Waals surface area contributed by atoms with Crippen LogP contribution < -0.4 is 5.32 Å². The van der Waals surface area contributed by atoms with Gasteiger partial charge in [-0.05, 0) is 29.1 Å². The summed E-state index contributed by atoms with van der Waals surface area (Å²) in [5, 5.41) is 4.52. The van der Waals surface area contributed by atoms with Crippen LogP contribution in [0.4, 0.5) is 5.69 Å². The first kappa shape index (κ1) is 16.4. The lowest BCUT2D eigenvalue weighted by Crippen LogP contribution is -2.14. The molecule has 0 unspecified atom stereocenters. The standard InChI is InChI=1S/C16H15NO3S3/c1-20-15(19)13-12(6-7-21-13)17-14(18)10-2-4-11(5-3-10)16-22-8-9-23-16/h2-7,16H,8-9H2,1H3,(H,17,18). The maximum Gasteiger partial charge on any atom is 0.350 e. The summed E-state index contributed by atoms with van der Waals surface area (Å²) >= 11 is 5.11. The smallest absolute Gasteiger partial charge is 0.350 e. The van der Waals surface area contributed by atoms with E-state index in [-0.39, 0.29) is 5.91 Å². The fourth-order valence-corrected chi connectivity index (χ4v) is 5.82. The number of hydrogen-bond donors (Lipinski definition) is 1. The van der Waals surface area contributed by atoms with Crippen molar-refractivity contribution in [3.63, 3.8) is 0 Å². The molecule has 1 fully saturated rings. The molecular weight excluding hydrogens is 350 g/mol. The molecule has 0 spiro atoms. The number of methoxy groups -OCH3 is 1. The predicted molar refractivity (Wildman–Crippen MR) is 97.7 cm³/mol. The average molecular weight is 366 g/mol. The van der Waals surface area contributed by atoms with Crippen LogP contribution >= 0.6 is 34.9 Å². The molecule has 1 aromatic heterocycles. The number of thioether (sulfide) groups is 2. The molecule has 120 valence electrons. The van der Waals surface area contributed by atoms with E-state index >= 15 is 0 Å². The molecule has 0 saturated carbocycles. The monoisotopic (exact) mass is 365 g/mol. The number of benzene rings is 1. The fraction of sp³-hybridized carbons (Fsp3) is 0.250. The van der Waals surface area contributed by atoms with Crippen molar-refractivity contribution in [2.24, 2.45) is 0 Å². The third kappa shape index (κ3) is 3.73. The molecule has 0 atom stereocenters. The summed E-state index contributed by atoms with van der Waals surface area (Å²) in [4.78, 5) is 24.4. The van der Waals surface area contributed by atoms with E-state index in [0.29, 0.717) is 20.7 Å². The second kappa shape index (κ2) is 7.42. The maximum atomic E-state index is 12.3. The molecule has 3 rings (SSSR count). The zero-order valence-corrected chi connectivity index (χ0v) is 14.9. The molecule has 1 aromatic carbocycles. The third-order valence-electron chi connectivity index (χ3n) is 3.35. The molecule has 1 saturated heterocycles. The number of carbonyl (C=O) groups is 2. The van der Waals surface area contributed by atoms with Gasteiger partial charge >= 0.3 is 5.97 Å². The van der Waals surface area contributed by atoms with Crippen LogP contribution in [0.25, 0.3) is 0 Å². The second-order valence-electron chi connectivity index (χ2n) is 4.80. The van der Waals surface area contributed by atoms with Crippen molar-refractivity contribution in [3.05, 3.63) is 51.7 Å². The Bertz CT molecular complexity index is 706. The zero-order chi connectivity index (χ0) is 16.2. The largest absolute Gasteiger partial charge is 0.465 e. The van der Waals surface area contributed by atoms with Gasteiger partial charge in [-0.15, -0.1) is 34.9 Å². The van der Waals surface area contributed by atoms with Gasteiger partial charge in [0.05, 0.1) is 17.4 Å². The molecule has 0 radical (unpaired) electrons. The molecule has 2 heterocycles. The normalized spacial score (nSPS) is 14.7. The van der Waals surface area contributed by atoms with E-state index in [1.54, 1.807) is 11.4 Å². The van der Waals surface area contributed by atoms with Crippen LogP contribution in [0, 0.1) is 0 Å². The Hall–Kier alpha value is -1.44. The highest BCUT2D eigenvalue weighted by Gasteiger charge is 2.19. The van der Waals surface area contributed by atoms with Gasteiger partial charge in [-0.3, -0.25) is 4.79 Å². The highest BCUT2D eigenvalue weighted by atomic mass is 32.2. The number of hydrogen-bond acceptors (Lipinski definition) is 6. The van der Waals surface area contributed by atoms with E-state index in [9.17, 15) is 9.59 Å². The van der Waals surface area contributed by atoms with Gasteiger partial charge in [0.15, 0.2) is 0 Å². The summed E-state index contributed by atoms with van der Waals surface area (Å²) in [6.45, 7) is 0. The molecule has 1 aliphatic heterocycles. The zero-order valence-electron chi connectivity index (χ0n) is 12.4. The first-order chi connectivity index (χ1) is 11.2. The number of esters is 1. The molecule has 7 heteroatoms. The molecule has 1 aliphatic rings. The summed E-state index contributed by atoms with van der Waals surface area (Å²) in [6.07, 6.45) is 0. The molecule has 0 bridgehead atoms. The highest BCUT2D eigenvalue weighted by molar-refractivity contribution is 8.19. The van der Waals surface area contributed by atoms with E-state index < -0.39 is 5.97 Å². The molecule has 1 amide bonds. The van der Waals surface area contributed by atoms with Gasteiger partial charge in [0, 0.05) is 17.1 Å². The first-order valence-electron chi connectivity index (χ1n) is 6.99. The minimum Gasteiger partial charge on any atom is -0.465 e. The lowest BCUT2D eigenvalue weighted by molar-refractivity contribution is 0.0607. The lowest BCUT2D eigenvalue weighted by atomic mass is 10.1. The molecular formula is C16H15NO3S3. The van der Waals surface area contributed by atoms with Gasteiger partial charge in [-0.1, -0.05) is 12.1 Å². The number of ether oxygens (including phenoxy) is 1. The molecule has 4 nitrogen and oxygen atoms in total. The van der Waals surface area contributed by atoms with Gasteiger partial charge < -0.3 is 10.1 Å². The van der Waals surface area contributed by atoms with Crippen molar-refractivity contribution in [2.45, 2.75) is 4.58 Å². The maximum absolute atomic E-state index is 12.3. The van der Waals surface area contributed by atoms with Crippen molar-refractivity contribution in [1.82, 2.24) is 0 Å². The minimum absolute atomic E-state index is 0.230. The number of amides is 1. The Kier molecular flexibility index (Phi) is 5.30. The summed E-state index contributed by atoms with van der Waals surface area (Å²) in [7, 11) is 1.32. The van der Waals surface area contributed by atoms with E-state index in [2.05, 4.69) is 5.32 Å². The Morgan fingerprint density at radius 2 is 1.83 bits per heavy atom. The van der Waals surface area contributed by atoms with Crippen LogP contribution in [0.2, 0.25) is 0 Å². The van der Waals surface area contributed by atoms with Gasteiger partial charge in [-0.25, -0.2) is 4.79 Å². The predicted octanol–water partition coefficient (Wildman–Crippen LogP) is 4.27. The Morgan fingerprint density at radius 3 is 2.48 bits per heavy atom. The van der Waals surface area contributed by atoms with Crippen LogP contribution in [0.1, 0.15) is 30.2 Å². The van der Waals surface area contributed by atoms with Gasteiger partial charge in [-0.2, -0.15) is 0 Å². The van der Waals surface area contributed by atoms with Crippen molar-refractivity contribution in [1.29, 1.82) is 0 Å². The van der Waals surface area contributed by atoms with Crippen LogP contribution in [-0.4, -0.2) is 30.5 Å². The number of rotatable bonds is 4. The molecule has 23 heavy (non-hydrogen) atoms. The molecule has 2 aromatic rings. The molecule has 1 N–H and O–H groups in total. The summed E-state index contributed by atoms with van der Waals surface area (Å²) in [6, 6.07) is 9.36. The van der Waals surface area contributed by atoms with E-state index in [4.69, 9.17) is 4.74 Å². The van der Waals surface area contributed by atoms with Crippen molar-refractivity contribution >= 4 is 52.4 Å². The number of carbonyl (C=O) groups excluding carboxylic acids is 2. The Balaban J connectivity index is 1.71. The number of anilines is 1. The Labute approximate surface area is 147 Å². The van der Waals surface area contributed by atoms with E-state index in [1.807, 2.05) is 47.8 Å². The quantitative estimate of drug-likeness (QED) is 0.820. The van der Waals surface area contributed by atoms with Crippen LogP contribution in [-0.2, 0) is 4.74 Å². The summed E-state index contributed by atoms with van der Waals surface area (Å²) < 4.78 is 5.18.